The quantitative estimate of drug-likeness (QED) is 0.904. The van der Waals surface area contributed by atoms with Crippen LogP contribution in [0.15, 0.2) is 36.9 Å². The van der Waals surface area contributed by atoms with Gasteiger partial charge in [-0.2, -0.15) is 0 Å². The minimum Gasteiger partial charge on any atom is -0.348 e. The minimum atomic E-state index is -0.188. The van der Waals surface area contributed by atoms with Gasteiger partial charge in [-0.25, -0.2) is 4.98 Å². The van der Waals surface area contributed by atoms with Gasteiger partial charge in [-0.05, 0) is 31.5 Å². The van der Waals surface area contributed by atoms with E-state index in [9.17, 15) is 9.59 Å². The number of nitrogens with zero attached hydrogens (tertiary/aromatic N) is 3. The summed E-state index contributed by atoms with van der Waals surface area (Å²) in [6, 6.07) is 4.97. The summed E-state index contributed by atoms with van der Waals surface area (Å²) in [5.41, 5.74) is 1.10. The Morgan fingerprint density at radius 3 is 2.96 bits per heavy atom. The maximum Gasteiger partial charge on any atom is 0.251 e. The Hall–Kier alpha value is -2.34. The molecule has 1 aliphatic heterocycles. The van der Waals surface area contributed by atoms with Crippen LogP contribution in [0.4, 0.5) is 5.69 Å². The molecule has 7 heteroatoms. The average Bonchev–Trinajstić information content (AvgIpc) is 3.19. The first-order valence-corrected chi connectivity index (χ1v) is 8.29. The number of anilines is 1. The average molecular weight is 347 g/mol. The van der Waals surface area contributed by atoms with Crippen LogP contribution in [0.3, 0.4) is 0 Å². The highest BCUT2D eigenvalue weighted by atomic mass is 35.5. The van der Waals surface area contributed by atoms with E-state index < -0.39 is 0 Å². The number of carbonyl (C=O) groups excluding carboxylic acids is 2. The highest BCUT2D eigenvalue weighted by Gasteiger charge is 2.24. The Kier molecular flexibility index (Phi) is 4.85. The standard InChI is InChI=1S/C17H19ClN4O2/c1-12(10-21-8-6-19-11-21)20-17(24)13-4-5-14(18)15(9-13)22-7-2-3-16(22)23/h4-6,8-9,11-12H,2-3,7,10H2,1H3,(H,20,24)/t12-/m1/s1. The molecule has 0 unspecified atom stereocenters. The molecule has 6 nitrogen and oxygen atoms in total. The van der Waals surface area contributed by atoms with Crippen molar-refractivity contribution in [2.45, 2.75) is 32.4 Å². The molecular weight excluding hydrogens is 328 g/mol. The first-order chi connectivity index (χ1) is 11.5. The number of halogens is 1. The van der Waals surface area contributed by atoms with Crippen LogP contribution in [-0.2, 0) is 11.3 Å². The number of hydrogen-bond donors (Lipinski definition) is 1. The summed E-state index contributed by atoms with van der Waals surface area (Å²) in [4.78, 5) is 30.0. The van der Waals surface area contributed by atoms with E-state index in [4.69, 9.17) is 11.6 Å². The number of imidazole rings is 1. The molecule has 1 saturated heterocycles. The van der Waals surface area contributed by atoms with E-state index in [-0.39, 0.29) is 17.9 Å². The van der Waals surface area contributed by atoms with Gasteiger partial charge in [0.05, 0.1) is 17.0 Å². The van der Waals surface area contributed by atoms with E-state index in [1.807, 2.05) is 17.7 Å². The second kappa shape index (κ2) is 7.05. The fourth-order valence-corrected chi connectivity index (χ4v) is 3.05. The molecule has 0 saturated carbocycles. The normalized spacial score (nSPS) is 15.6. The molecule has 1 atom stereocenters. The van der Waals surface area contributed by atoms with Crippen molar-refractivity contribution in [2.75, 3.05) is 11.4 Å². The van der Waals surface area contributed by atoms with Gasteiger partial charge in [0.2, 0.25) is 5.91 Å². The van der Waals surface area contributed by atoms with E-state index >= 15 is 0 Å². The van der Waals surface area contributed by atoms with Crippen LogP contribution in [0, 0.1) is 0 Å². The number of benzene rings is 1. The van der Waals surface area contributed by atoms with E-state index in [1.165, 1.54) is 0 Å². The van der Waals surface area contributed by atoms with Crippen LogP contribution in [0.5, 0.6) is 0 Å². The van der Waals surface area contributed by atoms with Crippen molar-refractivity contribution in [3.05, 3.63) is 47.5 Å². The lowest BCUT2D eigenvalue weighted by atomic mass is 10.1. The van der Waals surface area contributed by atoms with Gasteiger partial charge in [0, 0.05) is 43.5 Å². The molecule has 0 aliphatic carbocycles. The lowest BCUT2D eigenvalue weighted by Crippen LogP contribution is -2.35. The van der Waals surface area contributed by atoms with Gasteiger partial charge in [-0.3, -0.25) is 9.59 Å². The van der Waals surface area contributed by atoms with Crippen molar-refractivity contribution in [1.29, 1.82) is 0 Å². The molecule has 2 heterocycles. The van der Waals surface area contributed by atoms with Gasteiger partial charge in [0.25, 0.3) is 5.91 Å². The lowest BCUT2D eigenvalue weighted by Gasteiger charge is -2.19. The Morgan fingerprint density at radius 2 is 2.29 bits per heavy atom. The largest absolute Gasteiger partial charge is 0.348 e. The topological polar surface area (TPSA) is 67.2 Å². The van der Waals surface area contributed by atoms with Crippen LogP contribution in [0.1, 0.15) is 30.1 Å². The summed E-state index contributed by atoms with van der Waals surface area (Å²) in [5.74, 6) is -0.143. The van der Waals surface area contributed by atoms with Crippen molar-refractivity contribution in [2.24, 2.45) is 0 Å². The molecule has 126 valence electrons. The zero-order valence-electron chi connectivity index (χ0n) is 13.4. The Labute approximate surface area is 145 Å². The predicted molar refractivity (Wildman–Crippen MR) is 92.2 cm³/mol. The minimum absolute atomic E-state index is 0.0444. The maximum absolute atomic E-state index is 12.5. The van der Waals surface area contributed by atoms with Gasteiger partial charge in [0.15, 0.2) is 0 Å². The molecular formula is C17H19ClN4O2. The first kappa shape index (κ1) is 16.5. The summed E-state index contributed by atoms with van der Waals surface area (Å²) in [7, 11) is 0. The molecule has 0 spiro atoms. The molecule has 2 amide bonds. The lowest BCUT2D eigenvalue weighted by molar-refractivity contribution is -0.117. The zero-order valence-corrected chi connectivity index (χ0v) is 14.2. The number of rotatable bonds is 5. The molecule has 2 aromatic rings. The molecule has 1 N–H and O–H groups in total. The Balaban J connectivity index is 1.71. The van der Waals surface area contributed by atoms with Crippen molar-refractivity contribution >= 4 is 29.1 Å². The Morgan fingerprint density at radius 1 is 1.46 bits per heavy atom. The molecule has 0 radical (unpaired) electrons. The van der Waals surface area contributed by atoms with Crippen LogP contribution in [-0.4, -0.2) is 34.0 Å². The van der Waals surface area contributed by atoms with Crippen LogP contribution in [0.2, 0.25) is 5.02 Å². The smallest absolute Gasteiger partial charge is 0.251 e. The van der Waals surface area contributed by atoms with Crippen LogP contribution in [0.25, 0.3) is 0 Å². The molecule has 1 aromatic carbocycles. The van der Waals surface area contributed by atoms with Crippen molar-refractivity contribution in [3.63, 3.8) is 0 Å². The number of amides is 2. The van der Waals surface area contributed by atoms with E-state index in [2.05, 4.69) is 10.3 Å². The summed E-state index contributed by atoms with van der Waals surface area (Å²) in [6.45, 7) is 3.20. The highest BCUT2D eigenvalue weighted by Crippen LogP contribution is 2.30. The molecule has 1 fully saturated rings. The van der Waals surface area contributed by atoms with Gasteiger partial charge in [-0.15, -0.1) is 0 Å². The van der Waals surface area contributed by atoms with Crippen molar-refractivity contribution in [3.8, 4) is 0 Å². The summed E-state index contributed by atoms with van der Waals surface area (Å²) in [6.07, 6.45) is 6.60. The fourth-order valence-electron chi connectivity index (χ4n) is 2.83. The third-order valence-corrected chi connectivity index (χ3v) is 4.31. The van der Waals surface area contributed by atoms with E-state index in [1.54, 1.807) is 35.6 Å². The summed E-state index contributed by atoms with van der Waals surface area (Å²) >= 11 is 6.21. The van der Waals surface area contributed by atoms with E-state index in [0.29, 0.717) is 35.8 Å². The van der Waals surface area contributed by atoms with Gasteiger partial charge < -0.3 is 14.8 Å². The monoisotopic (exact) mass is 346 g/mol. The number of hydrogen-bond acceptors (Lipinski definition) is 3. The Bertz CT molecular complexity index is 745. The first-order valence-electron chi connectivity index (χ1n) is 7.91. The van der Waals surface area contributed by atoms with Gasteiger partial charge in [-0.1, -0.05) is 11.6 Å². The number of aromatic nitrogens is 2. The zero-order chi connectivity index (χ0) is 17.1. The fraction of sp³-hybridized carbons (Fsp3) is 0.353. The SMILES string of the molecule is C[C@H](Cn1ccnc1)NC(=O)c1ccc(Cl)c(N2CCCC2=O)c1. The molecule has 3 rings (SSSR count). The van der Waals surface area contributed by atoms with Gasteiger partial charge >= 0.3 is 0 Å². The number of nitrogens with one attached hydrogen (secondary N) is 1. The number of carbonyl (C=O) groups is 2. The molecule has 1 aliphatic rings. The third kappa shape index (κ3) is 3.59. The van der Waals surface area contributed by atoms with Crippen molar-refractivity contribution < 1.29 is 9.59 Å². The van der Waals surface area contributed by atoms with Crippen molar-refractivity contribution in [1.82, 2.24) is 14.9 Å². The molecule has 0 bridgehead atoms. The molecule has 24 heavy (non-hydrogen) atoms. The third-order valence-electron chi connectivity index (χ3n) is 3.99. The van der Waals surface area contributed by atoms with E-state index in [0.717, 1.165) is 6.42 Å². The maximum atomic E-state index is 12.5. The summed E-state index contributed by atoms with van der Waals surface area (Å²) in [5, 5.41) is 3.43. The second-order valence-electron chi connectivity index (χ2n) is 5.95. The second-order valence-corrected chi connectivity index (χ2v) is 6.36. The predicted octanol–water partition coefficient (Wildman–Crippen LogP) is 2.48. The van der Waals surface area contributed by atoms with Crippen LogP contribution < -0.4 is 10.2 Å². The van der Waals surface area contributed by atoms with Gasteiger partial charge in [0.1, 0.15) is 0 Å². The van der Waals surface area contributed by atoms with Crippen LogP contribution >= 0.6 is 11.6 Å². The highest BCUT2D eigenvalue weighted by molar-refractivity contribution is 6.34. The molecule has 1 aromatic heterocycles. The summed E-state index contributed by atoms with van der Waals surface area (Å²) < 4.78 is 1.90.